The average Bonchev–Trinajstić information content (AvgIpc) is 2.75. The van der Waals surface area contributed by atoms with Crippen LogP contribution in [0.3, 0.4) is 0 Å². The van der Waals surface area contributed by atoms with E-state index in [1.54, 1.807) is 0 Å². The lowest BCUT2D eigenvalue weighted by atomic mass is 10.0. The van der Waals surface area contributed by atoms with Crippen molar-refractivity contribution in [3.05, 3.63) is 47.1 Å². The number of nitrogens with zero attached hydrogens (tertiary/aromatic N) is 1. The molecule has 0 spiro atoms. The highest BCUT2D eigenvalue weighted by atomic mass is 32.5. The first-order valence-electron chi connectivity index (χ1n) is 5.82. The molecule has 2 rings (SSSR count). The molecule has 118 valence electrons. The number of benzene rings is 1. The third-order valence-corrected chi connectivity index (χ3v) is 3.37. The van der Waals surface area contributed by atoms with E-state index in [1.165, 1.54) is 24.3 Å². The van der Waals surface area contributed by atoms with Crippen molar-refractivity contribution in [2.24, 2.45) is 5.16 Å². The zero-order valence-corrected chi connectivity index (χ0v) is 11.3. The van der Waals surface area contributed by atoms with Gasteiger partial charge in [0.25, 0.3) is 0 Å². The van der Waals surface area contributed by atoms with E-state index in [4.69, 9.17) is 4.84 Å². The Hall–Kier alpha value is -1.64. The van der Waals surface area contributed by atoms with Crippen molar-refractivity contribution >= 4 is 15.9 Å². The van der Waals surface area contributed by atoms with Gasteiger partial charge in [-0.25, -0.2) is 4.39 Å². The first-order valence-corrected chi connectivity index (χ1v) is 7.84. The molecule has 1 unspecified atom stereocenters. The number of hydrogen-bond acceptors (Lipinski definition) is 2. The van der Waals surface area contributed by atoms with Gasteiger partial charge >= 0.3 is 10.2 Å². The predicted octanol–water partition coefficient (Wildman–Crippen LogP) is 5.52. The summed E-state index contributed by atoms with van der Waals surface area (Å²) in [5.74, 6) is -0.436. The molecule has 0 bridgehead atoms. The van der Waals surface area contributed by atoms with Gasteiger partial charge in [0.2, 0.25) is 0 Å². The Balaban J connectivity index is 1.94. The average molecular weight is 331 g/mol. The minimum atomic E-state index is -9.52. The summed E-state index contributed by atoms with van der Waals surface area (Å²) in [6.07, 6.45) is -0.591. The molecule has 1 aromatic carbocycles. The molecular weight excluding hydrogens is 320 g/mol. The summed E-state index contributed by atoms with van der Waals surface area (Å²) in [5.41, 5.74) is 0.997. The van der Waals surface area contributed by atoms with Gasteiger partial charge in [0.15, 0.2) is 0 Å². The van der Waals surface area contributed by atoms with Crippen molar-refractivity contribution in [2.45, 2.75) is 18.9 Å². The number of hydrogen-bond donors (Lipinski definition) is 0. The summed E-state index contributed by atoms with van der Waals surface area (Å²) in [4.78, 5) is 4.87. The minimum absolute atomic E-state index is 0.163. The maximum Gasteiger partial charge on any atom is 0.304 e. The molecule has 2 nitrogen and oxygen atoms in total. The summed E-state index contributed by atoms with van der Waals surface area (Å²) < 4.78 is 73.1. The molecule has 0 aliphatic carbocycles. The van der Waals surface area contributed by atoms with Crippen LogP contribution >= 0.6 is 10.2 Å². The fraction of sp³-hybridized carbons (Fsp3) is 0.250. The van der Waals surface area contributed by atoms with E-state index < -0.39 is 27.6 Å². The van der Waals surface area contributed by atoms with E-state index in [1.807, 2.05) is 0 Å². The second-order valence-electron chi connectivity index (χ2n) is 4.61. The maximum absolute atomic E-state index is 12.7. The molecule has 0 radical (unpaired) electrons. The smallest absolute Gasteiger partial charge is 0.304 e. The van der Waals surface area contributed by atoms with E-state index in [-0.39, 0.29) is 12.8 Å². The fourth-order valence-electron chi connectivity index (χ4n) is 1.76. The van der Waals surface area contributed by atoms with E-state index in [9.17, 15) is 23.8 Å². The first-order chi connectivity index (χ1) is 9.41. The van der Waals surface area contributed by atoms with Gasteiger partial charge < -0.3 is 4.84 Å². The molecule has 1 aliphatic heterocycles. The van der Waals surface area contributed by atoms with Crippen molar-refractivity contribution in [2.75, 3.05) is 0 Å². The second-order valence-corrected chi connectivity index (χ2v) is 6.94. The number of halogens is 6. The van der Waals surface area contributed by atoms with Gasteiger partial charge in [-0.2, -0.15) is 0 Å². The second kappa shape index (κ2) is 4.43. The van der Waals surface area contributed by atoms with Crippen LogP contribution in [-0.4, -0.2) is 11.8 Å². The van der Waals surface area contributed by atoms with Crippen molar-refractivity contribution in [3.63, 3.8) is 0 Å². The van der Waals surface area contributed by atoms with Gasteiger partial charge in [0.05, 0.1) is 11.1 Å². The van der Waals surface area contributed by atoms with Crippen LogP contribution in [0.4, 0.5) is 23.8 Å². The Kier molecular flexibility index (Phi) is 3.32. The molecule has 0 N–H and O–H groups in total. The molecule has 0 saturated carbocycles. The van der Waals surface area contributed by atoms with E-state index in [0.717, 1.165) is 0 Å². The zero-order valence-electron chi connectivity index (χ0n) is 10.5. The SMILES string of the molecule is Fc1ccc(C2=NOC(C/C=C/S(F)(F)(F)(F)F)C2)cc1. The van der Waals surface area contributed by atoms with Crippen molar-refractivity contribution < 1.29 is 28.7 Å². The Morgan fingerprint density at radius 2 is 1.76 bits per heavy atom. The topological polar surface area (TPSA) is 21.6 Å². The Morgan fingerprint density at radius 1 is 1.14 bits per heavy atom. The molecule has 1 aromatic rings. The lowest BCUT2D eigenvalue weighted by Crippen LogP contribution is -2.08. The molecular formula is C12H11F6NOS. The monoisotopic (exact) mass is 331 g/mol. The predicted molar refractivity (Wildman–Crippen MR) is 69.3 cm³/mol. The summed E-state index contributed by atoms with van der Waals surface area (Å²) >= 11 is 0. The van der Waals surface area contributed by atoms with Crippen LogP contribution in [-0.2, 0) is 4.84 Å². The molecule has 0 saturated heterocycles. The van der Waals surface area contributed by atoms with Crippen LogP contribution in [0.25, 0.3) is 0 Å². The summed E-state index contributed by atoms with van der Waals surface area (Å²) in [7, 11) is -9.52. The third kappa shape index (κ3) is 5.33. The van der Waals surface area contributed by atoms with Gasteiger partial charge in [-0.3, -0.25) is 0 Å². The van der Waals surface area contributed by atoms with Crippen LogP contribution in [0.15, 0.2) is 40.9 Å². The summed E-state index contributed by atoms with van der Waals surface area (Å²) in [5, 5.41) is 2.68. The fourth-order valence-corrected chi connectivity index (χ4v) is 2.23. The normalized spacial score (nSPS) is 22.6. The van der Waals surface area contributed by atoms with Gasteiger partial charge in [-0.05, 0) is 17.7 Å². The highest BCUT2D eigenvalue weighted by Crippen LogP contribution is 2.98. The number of rotatable bonds is 4. The van der Waals surface area contributed by atoms with E-state index >= 15 is 0 Å². The summed E-state index contributed by atoms with van der Waals surface area (Å²) in [6, 6.07) is 5.31. The van der Waals surface area contributed by atoms with Crippen molar-refractivity contribution in [1.82, 2.24) is 0 Å². The molecule has 1 heterocycles. The molecule has 9 heteroatoms. The minimum Gasteiger partial charge on any atom is -0.392 e. The zero-order chi connectivity index (χ0) is 15.8. The van der Waals surface area contributed by atoms with Crippen LogP contribution in [0.2, 0.25) is 0 Å². The van der Waals surface area contributed by atoms with Crippen molar-refractivity contribution in [3.8, 4) is 0 Å². The van der Waals surface area contributed by atoms with Crippen LogP contribution in [0.1, 0.15) is 18.4 Å². The summed E-state index contributed by atoms with van der Waals surface area (Å²) in [6.45, 7) is 0. The van der Waals surface area contributed by atoms with Crippen LogP contribution < -0.4 is 0 Å². The lowest BCUT2D eigenvalue weighted by molar-refractivity contribution is 0.0879. The molecule has 0 amide bonds. The molecule has 0 aromatic heterocycles. The molecule has 1 atom stereocenters. The Morgan fingerprint density at radius 3 is 2.33 bits per heavy atom. The Bertz CT molecular complexity index is 592. The van der Waals surface area contributed by atoms with Gasteiger partial charge in [-0.15, -0.1) is 0 Å². The van der Waals surface area contributed by atoms with E-state index in [2.05, 4.69) is 5.16 Å². The first kappa shape index (κ1) is 15.7. The largest absolute Gasteiger partial charge is 0.392 e. The lowest BCUT2D eigenvalue weighted by Gasteiger charge is -2.36. The highest BCUT2D eigenvalue weighted by Gasteiger charge is 2.60. The van der Waals surface area contributed by atoms with Gasteiger partial charge in [0.1, 0.15) is 11.9 Å². The van der Waals surface area contributed by atoms with Gasteiger partial charge in [-0.1, -0.05) is 42.8 Å². The van der Waals surface area contributed by atoms with Gasteiger partial charge in [0, 0.05) is 12.8 Å². The standard InChI is InChI=1S/C12H11F6NOS/c13-10-5-3-9(4-6-10)12-8-11(20-19-12)2-1-7-21(14,15,16,17)18/h1,3-7,11H,2,8H2/b7-1+. The number of oxime groups is 1. The Labute approximate surface area is 116 Å². The quantitative estimate of drug-likeness (QED) is 0.666. The molecule has 1 aliphatic rings. The maximum atomic E-state index is 12.7. The van der Waals surface area contributed by atoms with E-state index in [0.29, 0.717) is 17.4 Å². The highest BCUT2D eigenvalue weighted by molar-refractivity contribution is 8.48. The van der Waals surface area contributed by atoms with Crippen LogP contribution in [0, 0.1) is 5.82 Å². The van der Waals surface area contributed by atoms with Crippen molar-refractivity contribution in [1.29, 1.82) is 0 Å². The molecule has 21 heavy (non-hydrogen) atoms. The molecule has 0 fully saturated rings. The third-order valence-electron chi connectivity index (χ3n) is 2.66. The van der Waals surface area contributed by atoms with Crippen LogP contribution in [0.5, 0.6) is 0 Å².